The van der Waals surface area contributed by atoms with Crippen LogP contribution in [0.2, 0.25) is 0 Å². The SMILES string of the molecule is Cc1cc(C(=O)NC(C)Cn2cncn2)c(C)cc1Br. The molecule has 0 aliphatic carbocycles. The lowest BCUT2D eigenvalue weighted by atomic mass is 10.0. The first-order chi connectivity index (χ1) is 9.47. The Balaban J connectivity index is 2.06. The molecule has 1 aromatic carbocycles. The molecule has 2 rings (SSSR count). The predicted octanol–water partition coefficient (Wildman–Crippen LogP) is 2.48. The van der Waals surface area contributed by atoms with Gasteiger partial charge in [-0.2, -0.15) is 5.10 Å². The largest absolute Gasteiger partial charge is 0.348 e. The number of aromatic nitrogens is 3. The maximum Gasteiger partial charge on any atom is 0.251 e. The van der Waals surface area contributed by atoms with Crippen LogP contribution < -0.4 is 5.32 Å². The number of hydrogen-bond acceptors (Lipinski definition) is 3. The Kier molecular flexibility index (Phi) is 4.54. The Morgan fingerprint density at radius 2 is 2.15 bits per heavy atom. The Bertz CT molecular complexity index is 610. The van der Waals surface area contributed by atoms with E-state index in [4.69, 9.17) is 0 Å². The standard InChI is InChI=1S/C14H17BrN4O/c1-9-5-13(15)10(2)4-12(9)14(20)18-11(3)6-19-8-16-7-17-19/h4-5,7-8,11H,6H2,1-3H3,(H,18,20). The van der Waals surface area contributed by atoms with Crippen molar-refractivity contribution in [1.29, 1.82) is 0 Å². The minimum absolute atomic E-state index is 0.0208. The van der Waals surface area contributed by atoms with Crippen molar-refractivity contribution < 1.29 is 4.79 Å². The van der Waals surface area contributed by atoms with Crippen molar-refractivity contribution in [3.8, 4) is 0 Å². The van der Waals surface area contributed by atoms with E-state index in [0.717, 1.165) is 15.6 Å². The molecule has 0 fully saturated rings. The molecular weight excluding hydrogens is 320 g/mol. The van der Waals surface area contributed by atoms with Crippen LogP contribution in [0.25, 0.3) is 0 Å². The number of halogens is 1. The summed E-state index contributed by atoms with van der Waals surface area (Å²) in [4.78, 5) is 16.2. The highest BCUT2D eigenvalue weighted by atomic mass is 79.9. The van der Waals surface area contributed by atoms with Gasteiger partial charge in [-0.1, -0.05) is 15.9 Å². The summed E-state index contributed by atoms with van der Waals surface area (Å²) in [6.45, 7) is 6.45. The molecule has 1 atom stereocenters. The van der Waals surface area contributed by atoms with E-state index < -0.39 is 0 Å². The molecule has 20 heavy (non-hydrogen) atoms. The molecule has 0 saturated carbocycles. The molecule has 0 radical (unpaired) electrons. The molecule has 1 unspecified atom stereocenters. The van der Waals surface area contributed by atoms with E-state index in [1.165, 1.54) is 6.33 Å². The van der Waals surface area contributed by atoms with Crippen LogP contribution in [-0.4, -0.2) is 26.7 Å². The lowest BCUT2D eigenvalue weighted by Gasteiger charge is -2.15. The van der Waals surface area contributed by atoms with Crippen LogP contribution in [0.1, 0.15) is 28.4 Å². The highest BCUT2D eigenvalue weighted by molar-refractivity contribution is 9.10. The fourth-order valence-corrected chi connectivity index (χ4v) is 2.44. The zero-order valence-electron chi connectivity index (χ0n) is 11.7. The minimum atomic E-state index is -0.0642. The quantitative estimate of drug-likeness (QED) is 0.932. The fourth-order valence-electron chi connectivity index (χ4n) is 1.98. The summed E-state index contributed by atoms with van der Waals surface area (Å²) in [6.07, 6.45) is 3.12. The van der Waals surface area contributed by atoms with Crippen LogP contribution in [0.4, 0.5) is 0 Å². The average Bonchev–Trinajstić information content (AvgIpc) is 2.86. The van der Waals surface area contributed by atoms with Gasteiger partial charge in [0.25, 0.3) is 5.91 Å². The van der Waals surface area contributed by atoms with Gasteiger partial charge in [0.1, 0.15) is 12.7 Å². The van der Waals surface area contributed by atoms with Crippen molar-refractivity contribution in [3.05, 3.63) is 46.0 Å². The molecule has 0 spiro atoms. The van der Waals surface area contributed by atoms with Gasteiger partial charge in [-0.3, -0.25) is 9.48 Å². The lowest BCUT2D eigenvalue weighted by molar-refractivity contribution is 0.0935. The zero-order valence-corrected chi connectivity index (χ0v) is 13.3. The third-order valence-electron chi connectivity index (χ3n) is 3.06. The van der Waals surface area contributed by atoms with E-state index in [2.05, 4.69) is 31.3 Å². The summed E-state index contributed by atoms with van der Waals surface area (Å²) < 4.78 is 2.71. The van der Waals surface area contributed by atoms with Crippen LogP contribution in [0, 0.1) is 13.8 Å². The van der Waals surface area contributed by atoms with E-state index in [1.54, 1.807) is 11.0 Å². The van der Waals surface area contributed by atoms with Crippen LogP contribution in [0.3, 0.4) is 0 Å². The number of carbonyl (C=O) groups excluding carboxylic acids is 1. The molecule has 1 aromatic heterocycles. The van der Waals surface area contributed by atoms with E-state index >= 15 is 0 Å². The second-order valence-electron chi connectivity index (χ2n) is 4.91. The zero-order chi connectivity index (χ0) is 14.7. The highest BCUT2D eigenvalue weighted by Gasteiger charge is 2.14. The number of nitrogens with one attached hydrogen (secondary N) is 1. The van der Waals surface area contributed by atoms with E-state index in [1.807, 2.05) is 32.9 Å². The molecule has 0 aliphatic rings. The molecule has 0 bridgehead atoms. The van der Waals surface area contributed by atoms with Gasteiger partial charge in [-0.25, -0.2) is 4.98 Å². The molecule has 2 aromatic rings. The Hall–Kier alpha value is -1.69. The van der Waals surface area contributed by atoms with Gasteiger partial charge in [0.15, 0.2) is 0 Å². The smallest absolute Gasteiger partial charge is 0.251 e. The van der Waals surface area contributed by atoms with Gasteiger partial charge in [0.05, 0.1) is 6.54 Å². The second-order valence-corrected chi connectivity index (χ2v) is 5.76. The van der Waals surface area contributed by atoms with E-state index in [9.17, 15) is 4.79 Å². The van der Waals surface area contributed by atoms with Crippen LogP contribution in [0.5, 0.6) is 0 Å². The Morgan fingerprint density at radius 1 is 1.40 bits per heavy atom. The molecule has 106 valence electrons. The van der Waals surface area contributed by atoms with Gasteiger partial charge in [0, 0.05) is 16.1 Å². The molecule has 5 nitrogen and oxygen atoms in total. The van der Waals surface area contributed by atoms with Crippen molar-refractivity contribution in [2.45, 2.75) is 33.4 Å². The van der Waals surface area contributed by atoms with Gasteiger partial charge in [0.2, 0.25) is 0 Å². The van der Waals surface area contributed by atoms with Gasteiger partial charge in [-0.05, 0) is 44.0 Å². The van der Waals surface area contributed by atoms with Crippen molar-refractivity contribution in [3.63, 3.8) is 0 Å². The normalized spacial score (nSPS) is 12.2. The summed E-state index contributed by atoms with van der Waals surface area (Å²) in [5, 5.41) is 7.01. The summed E-state index contributed by atoms with van der Waals surface area (Å²) in [5.41, 5.74) is 2.70. The molecular formula is C14H17BrN4O. The fraction of sp³-hybridized carbons (Fsp3) is 0.357. The number of carbonyl (C=O) groups is 1. The van der Waals surface area contributed by atoms with E-state index in [0.29, 0.717) is 12.1 Å². The topological polar surface area (TPSA) is 59.8 Å². The molecule has 0 aliphatic heterocycles. The molecule has 6 heteroatoms. The molecule has 1 amide bonds. The summed E-state index contributed by atoms with van der Waals surface area (Å²) >= 11 is 3.47. The molecule has 1 heterocycles. The Morgan fingerprint density at radius 3 is 2.80 bits per heavy atom. The van der Waals surface area contributed by atoms with Crippen molar-refractivity contribution in [1.82, 2.24) is 20.1 Å². The monoisotopic (exact) mass is 336 g/mol. The van der Waals surface area contributed by atoms with Gasteiger partial charge < -0.3 is 5.32 Å². The maximum atomic E-state index is 12.3. The number of nitrogens with zero attached hydrogens (tertiary/aromatic N) is 3. The number of amides is 1. The van der Waals surface area contributed by atoms with Crippen molar-refractivity contribution >= 4 is 21.8 Å². The second kappa shape index (κ2) is 6.17. The van der Waals surface area contributed by atoms with Crippen LogP contribution in [-0.2, 0) is 6.54 Å². The summed E-state index contributed by atoms with van der Waals surface area (Å²) in [7, 11) is 0. The highest BCUT2D eigenvalue weighted by Crippen LogP contribution is 2.21. The molecule has 1 N–H and O–H groups in total. The first-order valence-corrected chi connectivity index (χ1v) is 7.16. The Labute approximate surface area is 126 Å². The van der Waals surface area contributed by atoms with Gasteiger partial charge in [-0.15, -0.1) is 0 Å². The van der Waals surface area contributed by atoms with Crippen molar-refractivity contribution in [2.75, 3.05) is 0 Å². The number of benzene rings is 1. The lowest BCUT2D eigenvalue weighted by Crippen LogP contribution is -2.36. The van der Waals surface area contributed by atoms with Crippen LogP contribution in [0.15, 0.2) is 29.3 Å². The third kappa shape index (κ3) is 3.45. The molecule has 0 saturated heterocycles. The van der Waals surface area contributed by atoms with E-state index in [-0.39, 0.29) is 11.9 Å². The maximum absolute atomic E-state index is 12.3. The number of rotatable bonds is 4. The summed E-state index contributed by atoms with van der Waals surface area (Å²) in [6, 6.07) is 3.84. The van der Waals surface area contributed by atoms with Gasteiger partial charge >= 0.3 is 0 Å². The third-order valence-corrected chi connectivity index (χ3v) is 3.91. The van der Waals surface area contributed by atoms with Crippen molar-refractivity contribution in [2.24, 2.45) is 0 Å². The average molecular weight is 337 g/mol. The first-order valence-electron chi connectivity index (χ1n) is 6.37. The first kappa shape index (κ1) is 14.7. The predicted molar refractivity (Wildman–Crippen MR) is 80.6 cm³/mol. The number of aryl methyl sites for hydroxylation is 2. The number of hydrogen-bond donors (Lipinski definition) is 1. The van der Waals surface area contributed by atoms with Crippen LogP contribution >= 0.6 is 15.9 Å². The summed E-state index contributed by atoms with van der Waals surface area (Å²) in [5.74, 6) is -0.0642. The minimum Gasteiger partial charge on any atom is -0.348 e.